The zero-order chi connectivity index (χ0) is 11.4. The van der Waals surface area contributed by atoms with E-state index in [1.165, 1.54) is 0 Å². The highest BCUT2D eigenvalue weighted by Crippen LogP contribution is 2.05. The second kappa shape index (κ2) is 4.59. The molecule has 0 aliphatic rings. The molecule has 0 amide bonds. The second-order valence-corrected chi connectivity index (χ2v) is 2.79. The molecule has 80 valence electrons. The molecule has 1 heterocycles. The molecule has 4 nitrogen and oxygen atoms in total. The maximum Gasteiger partial charge on any atom is 0.293 e. The van der Waals surface area contributed by atoms with Crippen LogP contribution in [0.1, 0.15) is 19.7 Å². The minimum Gasteiger partial charge on any atom is -0.424 e. The van der Waals surface area contributed by atoms with Crippen molar-refractivity contribution in [2.75, 3.05) is 0 Å². The van der Waals surface area contributed by atoms with E-state index in [4.69, 9.17) is 0 Å². The minimum absolute atomic E-state index is 0.295. The molecule has 15 heavy (non-hydrogen) atoms. The first-order valence-electron chi connectivity index (χ1n) is 4.88. The summed E-state index contributed by atoms with van der Waals surface area (Å²) >= 11 is 0. The lowest BCUT2D eigenvalue weighted by Crippen LogP contribution is -2.21. The van der Waals surface area contributed by atoms with Crippen molar-refractivity contribution in [3.05, 3.63) is 40.4 Å². The van der Waals surface area contributed by atoms with Gasteiger partial charge in [-0.2, -0.15) is 0 Å². The van der Waals surface area contributed by atoms with Crippen molar-refractivity contribution >= 4 is 10.9 Å². The van der Waals surface area contributed by atoms with Crippen LogP contribution < -0.4 is 5.56 Å². The minimum atomic E-state index is -0.428. The van der Waals surface area contributed by atoms with Crippen molar-refractivity contribution in [3.8, 4) is 0 Å². The van der Waals surface area contributed by atoms with Crippen LogP contribution in [0.15, 0.2) is 29.1 Å². The van der Waals surface area contributed by atoms with Gasteiger partial charge < -0.3 is 5.21 Å². The first kappa shape index (κ1) is 11.2. The molecular formula is C11H14N2O2. The van der Waals surface area contributed by atoms with E-state index in [-0.39, 0.29) is 0 Å². The summed E-state index contributed by atoms with van der Waals surface area (Å²) in [4.78, 5) is 15.5. The average molecular weight is 206 g/mol. The first-order chi connectivity index (χ1) is 7.20. The summed E-state index contributed by atoms with van der Waals surface area (Å²) < 4.78 is 0.558. The Hall–Kier alpha value is -1.84. The van der Waals surface area contributed by atoms with Gasteiger partial charge in [-0.3, -0.25) is 4.79 Å². The van der Waals surface area contributed by atoms with Gasteiger partial charge >= 0.3 is 0 Å². The molecule has 0 aliphatic carbocycles. The van der Waals surface area contributed by atoms with E-state index in [0.29, 0.717) is 21.5 Å². The van der Waals surface area contributed by atoms with Crippen molar-refractivity contribution in [1.82, 2.24) is 9.71 Å². The van der Waals surface area contributed by atoms with E-state index >= 15 is 0 Å². The largest absolute Gasteiger partial charge is 0.424 e. The molecule has 2 rings (SSSR count). The predicted octanol–water partition coefficient (Wildman–Crippen LogP) is 1.97. The topological polar surface area (TPSA) is 55.1 Å². The van der Waals surface area contributed by atoms with Crippen LogP contribution in [0.25, 0.3) is 10.9 Å². The lowest BCUT2D eigenvalue weighted by molar-refractivity contribution is 0.166. The van der Waals surface area contributed by atoms with E-state index in [9.17, 15) is 10.0 Å². The molecule has 1 N–H and O–H groups in total. The molecule has 4 heteroatoms. The van der Waals surface area contributed by atoms with Crippen molar-refractivity contribution < 1.29 is 5.21 Å². The smallest absolute Gasteiger partial charge is 0.293 e. The highest BCUT2D eigenvalue weighted by atomic mass is 16.5. The Morgan fingerprint density at radius 1 is 1.27 bits per heavy atom. The Morgan fingerprint density at radius 2 is 1.87 bits per heavy atom. The maximum absolute atomic E-state index is 11.4. The number of hydrogen-bond acceptors (Lipinski definition) is 3. The zero-order valence-corrected chi connectivity index (χ0v) is 9.06. The molecule has 0 saturated carbocycles. The van der Waals surface area contributed by atoms with Crippen LogP contribution >= 0.6 is 0 Å². The third-order valence-corrected chi connectivity index (χ3v) is 1.92. The molecule has 2 aromatic rings. The summed E-state index contributed by atoms with van der Waals surface area (Å²) in [5, 5.41) is 9.67. The molecule has 0 spiro atoms. The number of aromatic nitrogens is 2. The molecule has 0 radical (unpaired) electrons. The molecule has 0 bridgehead atoms. The zero-order valence-electron chi connectivity index (χ0n) is 9.06. The molecule has 0 fully saturated rings. The van der Waals surface area contributed by atoms with Gasteiger partial charge in [0.25, 0.3) is 5.56 Å². The number of nitrogens with zero attached hydrogens (tertiary/aromatic N) is 2. The van der Waals surface area contributed by atoms with Crippen molar-refractivity contribution in [1.29, 1.82) is 0 Å². The van der Waals surface area contributed by atoms with Gasteiger partial charge in [0.15, 0.2) is 0 Å². The van der Waals surface area contributed by atoms with Gasteiger partial charge in [0.05, 0.1) is 10.9 Å². The lowest BCUT2D eigenvalue weighted by Gasteiger charge is -2.02. The Kier molecular flexibility index (Phi) is 3.44. The van der Waals surface area contributed by atoms with Crippen LogP contribution in [-0.4, -0.2) is 14.9 Å². The average Bonchev–Trinajstić information content (AvgIpc) is 2.29. The summed E-state index contributed by atoms with van der Waals surface area (Å²) in [5.74, 6) is 0.295. The van der Waals surface area contributed by atoms with Gasteiger partial charge in [0, 0.05) is 0 Å². The third kappa shape index (κ3) is 1.98. The Morgan fingerprint density at radius 3 is 2.53 bits per heavy atom. The molecule has 0 saturated heterocycles. The van der Waals surface area contributed by atoms with Crippen LogP contribution in [0.3, 0.4) is 0 Å². The van der Waals surface area contributed by atoms with Gasteiger partial charge in [-0.05, 0) is 19.1 Å². The monoisotopic (exact) mass is 206 g/mol. The van der Waals surface area contributed by atoms with E-state index in [0.717, 1.165) is 0 Å². The standard InChI is InChI=1S/C9H8N2O2.C2H6/c1-6-10-8-5-3-2-4-7(8)9(12)11(6)13;1-2/h2-5,13H,1H3;1-2H3. The Balaban J connectivity index is 0.000000531. The summed E-state index contributed by atoms with van der Waals surface area (Å²) in [6, 6.07) is 6.91. The number of aryl methyl sites for hydroxylation is 1. The second-order valence-electron chi connectivity index (χ2n) is 2.79. The molecule has 0 unspecified atom stereocenters. The van der Waals surface area contributed by atoms with Crippen molar-refractivity contribution in [2.24, 2.45) is 0 Å². The quantitative estimate of drug-likeness (QED) is 0.670. The lowest BCUT2D eigenvalue weighted by atomic mass is 10.2. The molecule has 1 aromatic heterocycles. The van der Waals surface area contributed by atoms with Crippen LogP contribution in [-0.2, 0) is 0 Å². The number of rotatable bonds is 0. The summed E-state index contributed by atoms with van der Waals surface area (Å²) in [6.07, 6.45) is 0. The molecule has 0 aliphatic heterocycles. The number of fused-ring (bicyclic) bond motifs is 1. The highest BCUT2D eigenvalue weighted by molar-refractivity contribution is 5.77. The fraction of sp³-hybridized carbons (Fsp3) is 0.273. The highest BCUT2D eigenvalue weighted by Gasteiger charge is 2.04. The maximum atomic E-state index is 11.4. The van der Waals surface area contributed by atoms with Crippen LogP contribution in [0.4, 0.5) is 0 Å². The summed E-state index contributed by atoms with van der Waals surface area (Å²) in [7, 11) is 0. The fourth-order valence-corrected chi connectivity index (χ4v) is 1.23. The number of benzene rings is 1. The van der Waals surface area contributed by atoms with E-state index in [1.54, 1.807) is 31.2 Å². The van der Waals surface area contributed by atoms with E-state index in [1.807, 2.05) is 13.8 Å². The van der Waals surface area contributed by atoms with Gasteiger partial charge in [-0.25, -0.2) is 4.98 Å². The molecular weight excluding hydrogens is 192 g/mol. The summed E-state index contributed by atoms with van der Waals surface area (Å²) in [6.45, 7) is 5.58. The van der Waals surface area contributed by atoms with Gasteiger partial charge in [0.1, 0.15) is 5.82 Å². The fourth-order valence-electron chi connectivity index (χ4n) is 1.23. The Bertz CT molecular complexity index is 517. The van der Waals surface area contributed by atoms with Crippen LogP contribution in [0.5, 0.6) is 0 Å². The van der Waals surface area contributed by atoms with E-state index in [2.05, 4.69) is 4.98 Å². The van der Waals surface area contributed by atoms with Crippen molar-refractivity contribution in [2.45, 2.75) is 20.8 Å². The van der Waals surface area contributed by atoms with Gasteiger partial charge in [-0.1, -0.05) is 26.0 Å². The molecule has 0 atom stereocenters. The van der Waals surface area contributed by atoms with Gasteiger partial charge in [-0.15, -0.1) is 4.73 Å². The van der Waals surface area contributed by atoms with Gasteiger partial charge in [0.2, 0.25) is 0 Å². The van der Waals surface area contributed by atoms with Crippen molar-refractivity contribution in [3.63, 3.8) is 0 Å². The first-order valence-corrected chi connectivity index (χ1v) is 4.88. The third-order valence-electron chi connectivity index (χ3n) is 1.92. The predicted molar refractivity (Wildman–Crippen MR) is 59.3 cm³/mol. The van der Waals surface area contributed by atoms with Crippen LogP contribution in [0.2, 0.25) is 0 Å². The van der Waals surface area contributed by atoms with E-state index < -0.39 is 5.56 Å². The molecule has 1 aromatic carbocycles. The number of para-hydroxylation sites is 1. The SMILES string of the molecule is CC.Cc1nc2ccccc2c(=O)n1O. The normalized spacial score (nSPS) is 9.53. The summed E-state index contributed by atoms with van der Waals surface area (Å²) in [5.41, 5.74) is 0.179. The Labute approximate surface area is 87.8 Å². The van der Waals surface area contributed by atoms with Crippen LogP contribution in [0, 0.1) is 6.92 Å². The number of hydrogen-bond donors (Lipinski definition) is 1.